The summed E-state index contributed by atoms with van der Waals surface area (Å²) in [7, 11) is -0.101. The molecule has 2 saturated carbocycles. The van der Waals surface area contributed by atoms with E-state index in [0.717, 1.165) is 31.0 Å². The molecule has 0 aromatic rings. The van der Waals surface area contributed by atoms with Crippen molar-refractivity contribution < 1.29 is 47.7 Å². The van der Waals surface area contributed by atoms with E-state index in [1.165, 1.54) is 12.8 Å². The first-order valence-corrected chi connectivity index (χ1v) is 21.8. The van der Waals surface area contributed by atoms with Crippen LogP contribution in [0.4, 0.5) is 0 Å². The molecule has 5 heteroatoms. The van der Waals surface area contributed by atoms with Crippen LogP contribution in [0.5, 0.6) is 0 Å². The maximum Gasteiger partial charge on any atom is 0.0307 e. The molecule has 0 aliphatic heterocycles. The second-order valence-electron chi connectivity index (χ2n) is 9.47. The van der Waals surface area contributed by atoms with Crippen molar-refractivity contribution >= 4 is 16.6 Å². The van der Waals surface area contributed by atoms with Crippen molar-refractivity contribution in [2.24, 2.45) is 23.7 Å². The standard InChI is InChI=1S/2C9H11.C4H14Si2.2ClH.Hf/c2*1-2-5-9-7-3-6-8(9)4-1;1-5-6(2,3)4;;;/h2*1-2,4-6,8-9H,3,7H2;5H2,1-4H3;2*1H;/q;;;;;+2/p-2. The molecule has 0 nitrogen and oxygen atoms in total. The molecule has 0 spiro atoms. The van der Waals surface area contributed by atoms with Crippen LogP contribution in [-0.2, 0) is 22.9 Å². The van der Waals surface area contributed by atoms with Crippen molar-refractivity contribution in [3.05, 3.63) is 48.6 Å². The predicted octanol–water partition coefficient (Wildman–Crippen LogP) is -0.00350. The smallest absolute Gasteiger partial charge is 0.0307 e. The van der Waals surface area contributed by atoms with Gasteiger partial charge in [0.2, 0.25) is 0 Å². The molecule has 6 unspecified atom stereocenters. The van der Waals surface area contributed by atoms with E-state index >= 15 is 0 Å². The van der Waals surface area contributed by atoms with Gasteiger partial charge in [-0.15, -0.1) is 0 Å². The van der Waals surface area contributed by atoms with Crippen LogP contribution in [0.3, 0.4) is 0 Å². The van der Waals surface area contributed by atoms with Crippen LogP contribution >= 0.6 is 0 Å². The van der Waals surface area contributed by atoms with Crippen molar-refractivity contribution in [1.82, 2.24) is 0 Å². The summed E-state index contributed by atoms with van der Waals surface area (Å²) < 4.78 is 2.29. The van der Waals surface area contributed by atoms with Gasteiger partial charge in [0.15, 0.2) is 0 Å². The first kappa shape index (κ1) is 25.9. The molecular weight excluding hydrogens is 570 g/mol. The Hall–Kier alpha value is 0.844. The third-order valence-corrected chi connectivity index (χ3v) is 23.0. The van der Waals surface area contributed by atoms with E-state index in [4.69, 9.17) is 0 Å². The number of fused-ring (bicyclic) bond motifs is 2. The molecule has 0 aromatic carbocycles. The number of rotatable bonds is 3. The van der Waals surface area contributed by atoms with Crippen LogP contribution < -0.4 is 24.8 Å². The fourth-order valence-corrected chi connectivity index (χ4v) is 13.1. The van der Waals surface area contributed by atoms with E-state index in [2.05, 4.69) is 74.8 Å². The van der Waals surface area contributed by atoms with Crippen LogP contribution in [0.2, 0.25) is 33.5 Å². The quantitative estimate of drug-likeness (QED) is 0.398. The molecule has 0 radical (unpaired) electrons. The van der Waals surface area contributed by atoms with Crippen molar-refractivity contribution in [3.8, 4) is 0 Å². The number of hydrogen-bond acceptors (Lipinski definition) is 0. The van der Waals surface area contributed by atoms with Crippen molar-refractivity contribution in [3.63, 3.8) is 0 Å². The van der Waals surface area contributed by atoms with Crippen molar-refractivity contribution in [1.29, 1.82) is 0 Å². The normalized spacial score (nSPS) is 35.6. The summed E-state index contributed by atoms with van der Waals surface area (Å²) in [6.45, 7) is 9.74. The largest absolute Gasteiger partial charge is 1.00 e. The van der Waals surface area contributed by atoms with Gasteiger partial charge < -0.3 is 24.8 Å². The summed E-state index contributed by atoms with van der Waals surface area (Å²) in [5, 5.41) is 0. The van der Waals surface area contributed by atoms with E-state index in [0.29, 0.717) is 9.04 Å². The topological polar surface area (TPSA) is 0 Å². The van der Waals surface area contributed by atoms with Gasteiger partial charge >= 0.3 is 128 Å². The third-order valence-electron chi connectivity index (χ3n) is 6.63. The molecule has 0 aromatic heterocycles. The Balaban J connectivity index is 0.000000403. The molecule has 4 aliphatic carbocycles. The minimum atomic E-state index is -0.501. The molecule has 4 rings (SSSR count). The molecule has 2 fully saturated rings. The van der Waals surface area contributed by atoms with E-state index in [9.17, 15) is 0 Å². The second kappa shape index (κ2) is 11.9. The van der Waals surface area contributed by atoms with Gasteiger partial charge in [0.05, 0.1) is 0 Å². The molecule has 4 aliphatic rings. The summed E-state index contributed by atoms with van der Waals surface area (Å²) in [5.41, 5.74) is 0. The van der Waals surface area contributed by atoms with Gasteiger partial charge in [-0.25, -0.2) is 0 Å². The maximum absolute atomic E-state index is 2.54. The Labute approximate surface area is 194 Å². The molecule has 150 valence electrons. The number of hydrogen-bond donors (Lipinski definition) is 0. The summed E-state index contributed by atoms with van der Waals surface area (Å²) in [6, 6.07) is 0. The molecular formula is C22H36Cl2HfSi2. The second-order valence-corrected chi connectivity index (χ2v) is 30.3. The van der Waals surface area contributed by atoms with Gasteiger partial charge in [0.1, 0.15) is 0 Å². The Bertz CT molecular complexity index is 523. The maximum atomic E-state index is 2.54. The number of halogens is 2. The van der Waals surface area contributed by atoms with E-state index < -0.39 is 30.5 Å². The van der Waals surface area contributed by atoms with Crippen LogP contribution in [-0.4, -0.2) is 16.6 Å². The minimum absolute atomic E-state index is 0. The van der Waals surface area contributed by atoms with Gasteiger partial charge in [-0.1, -0.05) is 26.2 Å². The van der Waals surface area contributed by atoms with Crippen LogP contribution in [0.25, 0.3) is 0 Å². The summed E-state index contributed by atoms with van der Waals surface area (Å²) in [6.07, 6.45) is 25.2. The molecule has 0 saturated heterocycles. The summed E-state index contributed by atoms with van der Waals surface area (Å²) in [4.78, 5) is 0. The zero-order valence-corrected chi connectivity index (χ0v) is 24.9. The molecule has 0 bridgehead atoms. The van der Waals surface area contributed by atoms with Gasteiger partial charge in [-0.2, -0.15) is 0 Å². The van der Waals surface area contributed by atoms with E-state index in [-0.39, 0.29) is 24.8 Å². The van der Waals surface area contributed by atoms with Gasteiger partial charge in [-0.3, -0.25) is 0 Å². The van der Waals surface area contributed by atoms with E-state index in [1.54, 1.807) is 12.8 Å². The van der Waals surface area contributed by atoms with Crippen molar-refractivity contribution in [2.75, 3.05) is 0 Å². The van der Waals surface area contributed by atoms with Crippen LogP contribution in [0, 0.1) is 23.7 Å². The molecule has 0 amide bonds. The minimum Gasteiger partial charge on any atom is -1.00 e. The Morgan fingerprint density at radius 3 is 1.44 bits per heavy atom. The molecule has 27 heavy (non-hydrogen) atoms. The predicted molar refractivity (Wildman–Crippen MR) is 114 cm³/mol. The first-order chi connectivity index (χ1) is 12.0. The summed E-state index contributed by atoms with van der Waals surface area (Å²) >= 11 is -0.501. The molecule has 0 heterocycles. The fraction of sp³-hybridized carbons (Fsp3) is 0.636. The van der Waals surface area contributed by atoms with E-state index in [1.807, 2.05) is 0 Å². The monoisotopic (exact) mass is 606 g/mol. The van der Waals surface area contributed by atoms with Gasteiger partial charge in [0.25, 0.3) is 0 Å². The first-order valence-electron chi connectivity index (χ1n) is 10.4. The zero-order valence-electron chi connectivity index (χ0n) is 17.4. The van der Waals surface area contributed by atoms with Gasteiger partial charge in [-0.05, 0) is 0 Å². The van der Waals surface area contributed by atoms with Crippen LogP contribution in [0.1, 0.15) is 25.7 Å². The molecule has 6 atom stereocenters. The fourth-order valence-electron chi connectivity index (χ4n) is 4.58. The third kappa shape index (κ3) is 7.24. The molecule has 0 N–H and O–H groups in total. The SMILES string of the molecule is C1=CC2CC[CH]([Hf+2][CH]3CCC4C=CC=CC43)C2C=C1.C[SiH2][Si](C)(C)C.[Cl-].[Cl-]. The Kier molecular flexibility index (Phi) is 11.4. The number of allylic oxidation sites excluding steroid dienone is 8. The average Bonchev–Trinajstić information content (AvgIpc) is 3.20. The van der Waals surface area contributed by atoms with Crippen molar-refractivity contribution in [2.45, 2.75) is 59.2 Å². The Morgan fingerprint density at radius 2 is 1.07 bits per heavy atom. The zero-order chi connectivity index (χ0) is 17.9. The Morgan fingerprint density at radius 1 is 0.704 bits per heavy atom. The van der Waals surface area contributed by atoms with Crippen LogP contribution in [0.15, 0.2) is 48.6 Å². The van der Waals surface area contributed by atoms with Gasteiger partial charge in [0, 0.05) is 16.6 Å². The average molecular weight is 606 g/mol. The summed E-state index contributed by atoms with van der Waals surface area (Å²) in [5.74, 6) is 3.69.